The average Bonchev–Trinajstić information content (AvgIpc) is 2.50. The molecule has 0 radical (unpaired) electrons. The number of anilines is 1. The Morgan fingerprint density at radius 3 is 2.40 bits per heavy atom. The van der Waals surface area contributed by atoms with Crippen molar-refractivity contribution < 1.29 is 13.2 Å². The van der Waals surface area contributed by atoms with Crippen LogP contribution in [0.1, 0.15) is 40.0 Å². The number of benzene rings is 2. The Morgan fingerprint density at radius 2 is 1.80 bits per heavy atom. The molecule has 2 aromatic rings. The number of halogens is 1. The summed E-state index contributed by atoms with van der Waals surface area (Å²) < 4.78 is 24.9. The second-order valence-electron chi connectivity index (χ2n) is 6.12. The minimum Gasteiger partial charge on any atom is -0.346 e. The molecule has 0 saturated heterocycles. The average molecular weight is 381 g/mol. The summed E-state index contributed by atoms with van der Waals surface area (Å²) in [5, 5.41) is 3.10. The van der Waals surface area contributed by atoms with Crippen molar-refractivity contribution in [1.82, 2.24) is 5.32 Å². The number of amides is 1. The van der Waals surface area contributed by atoms with Gasteiger partial charge in [-0.25, -0.2) is 8.42 Å². The summed E-state index contributed by atoms with van der Waals surface area (Å²) in [4.78, 5) is 12.5. The molecule has 0 aromatic heterocycles. The molecule has 25 heavy (non-hydrogen) atoms. The van der Waals surface area contributed by atoms with Gasteiger partial charge in [-0.15, -0.1) is 0 Å². The van der Waals surface area contributed by atoms with E-state index < -0.39 is 10.0 Å². The first kappa shape index (κ1) is 19.3. The summed E-state index contributed by atoms with van der Waals surface area (Å²) >= 11 is 6.07. The SMILES string of the molecule is Cc1ccc(C)c([C@H](C)NC(=O)c2ccc(NS(C)(=O)=O)c(Cl)c2)c1. The van der Waals surface area contributed by atoms with Crippen LogP contribution in [0.2, 0.25) is 5.02 Å². The first-order valence-electron chi connectivity index (χ1n) is 7.72. The summed E-state index contributed by atoms with van der Waals surface area (Å²) in [6, 6.07) is 10.4. The summed E-state index contributed by atoms with van der Waals surface area (Å²) in [6.45, 7) is 5.92. The highest BCUT2D eigenvalue weighted by molar-refractivity contribution is 7.92. The van der Waals surface area contributed by atoms with Crippen LogP contribution < -0.4 is 10.0 Å². The van der Waals surface area contributed by atoms with Crippen molar-refractivity contribution in [3.63, 3.8) is 0 Å². The lowest BCUT2D eigenvalue weighted by atomic mass is 9.99. The van der Waals surface area contributed by atoms with Crippen molar-refractivity contribution >= 4 is 33.2 Å². The van der Waals surface area contributed by atoms with Gasteiger partial charge in [0.25, 0.3) is 5.91 Å². The van der Waals surface area contributed by atoms with Crippen molar-refractivity contribution in [2.24, 2.45) is 0 Å². The fourth-order valence-electron chi connectivity index (χ4n) is 2.52. The summed E-state index contributed by atoms with van der Waals surface area (Å²) in [6.07, 6.45) is 1.04. The number of rotatable bonds is 5. The number of carbonyl (C=O) groups excluding carboxylic acids is 1. The van der Waals surface area contributed by atoms with Crippen molar-refractivity contribution in [2.45, 2.75) is 26.8 Å². The molecule has 0 aliphatic carbocycles. The maximum atomic E-state index is 12.5. The highest BCUT2D eigenvalue weighted by atomic mass is 35.5. The van der Waals surface area contributed by atoms with Crippen LogP contribution in [0.5, 0.6) is 0 Å². The second-order valence-corrected chi connectivity index (χ2v) is 8.28. The predicted octanol–water partition coefficient (Wildman–Crippen LogP) is 3.82. The molecule has 0 aliphatic rings. The Balaban J connectivity index is 2.18. The topological polar surface area (TPSA) is 75.3 Å². The number of aryl methyl sites for hydroxylation is 2. The van der Waals surface area contributed by atoms with Gasteiger partial charge in [0, 0.05) is 5.56 Å². The molecule has 1 atom stereocenters. The summed E-state index contributed by atoms with van der Waals surface area (Å²) in [7, 11) is -3.43. The van der Waals surface area contributed by atoms with Crippen LogP contribution in [-0.2, 0) is 10.0 Å². The number of nitrogens with one attached hydrogen (secondary N) is 2. The maximum absolute atomic E-state index is 12.5. The lowest BCUT2D eigenvalue weighted by Gasteiger charge is -2.18. The zero-order valence-electron chi connectivity index (χ0n) is 14.6. The van der Waals surface area contributed by atoms with Gasteiger partial charge in [0.1, 0.15) is 0 Å². The highest BCUT2D eigenvalue weighted by Gasteiger charge is 2.15. The van der Waals surface area contributed by atoms with Crippen molar-refractivity contribution in [3.05, 3.63) is 63.7 Å². The van der Waals surface area contributed by atoms with Gasteiger partial charge in [0.05, 0.1) is 23.0 Å². The molecule has 0 fully saturated rings. The molecule has 1 amide bonds. The van der Waals surface area contributed by atoms with Crippen LogP contribution >= 0.6 is 11.6 Å². The van der Waals surface area contributed by atoms with Gasteiger partial charge < -0.3 is 5.32 Å². The van der Waals surface area contributed by atoms with E-state index in [1.807, 2.05) is 39.0 Å². The molecular formula is C18H21ClN2O3S. The third-order valence-electron chi connectivity index (χ3n) is 3.78. The molecule has 0 unspecified atom stereocenters. The number of hydrogen-bond donors (Lipinski definition) is 2. The Morgan fingerprint density at radius 1 is 1.12 bits per heavy atom. The number of hydrogen-bond acceptors (Lipinski definition) is 3. The first-order chi connectivity index (χ1) is 11.6. The molecule has 134 valence electrons. The van der Waals surface area contributed by atoms with Gasteiger partial charge in [-0.2, -0.15) is 0 Å². The quantitative estimate of drug-likeness (QED) is 0.827. The van der Waals surface area contributed by atoms with Gasteiger partial charge >= 0.3 is 0 Å². The van der Waals surface area contributed by atoms with Crippen LogP contribution in [-0.4, -0.2) is 20.6 Å². The Bertz CT molecular complexity index is 911. The van der Waals surface area contributed by atoms with Crippen molar-refractivity contribution in [3.8, 4) is 0 Å². The zero-order chi connectivity index (χ0) is 18.8. The minimum atomic E-state index is -3.43. The Kier molecular flexibility index (Phi) is 5.75. The molecular weight excluding hydrogens is 360 g/mol. The molecule has 0 aliphatic heterocycles. The molecule has 0 heterocycles. The lowest BCUT2D eigenvalue weighted by Crippen LogP contribution is -2.27. The van der Waals surface area contributed by atoms with Crippen LogP contribution in [0.3, 0.4) is 0 Å². The number of carbonyl (C=O) groups is 1. The van der Waals surface area contributed by atoms with E-state index in [2.05, 4.69) is 10.0 Å². The highest BCUT2D eigenvalue weighted by Crippen LogP contribution is 2.25. The van der Waals surface area contributed by atoms with E-state index in [1.54, 1.807) is 0 Å². The van der Waals surface area contributed by atoms with E-state index in [1.165, 1.54) is 18.2 Å². The van der Waals surface area contributed by atoms with Crippen LogP contribution in [0.4, 0.5) is 5.69 Å². The summed E-state index contributed by atoms with van der Waals surface area (Å²) in [5.74, 6) is -0.277. The molecule has 7 heteroatoms. The van der Waals surface area contributed by atoms with Crippen molar-refractivity contribution in [1.29, 1.82) is 0 Å². The molecule has 0 spiro atoms. The Hall–Kier alpha value is -2.05. The van der Waals surface area contributed by atoms with Crippen LogP contribution in [0.15, 0.2) is 36.4 Å². The van der Waals surface area contributed by atoms with Gasteiger partial charge in [0.15, 0.2) is 0 Å². The van der Waals surface area contributed by atoms with Crippen LogP contribution in [0.25, 0.3) is 0 Å². The third kappa shape index (κ3) is 5.21. The van der Waals surface area contributed by atoms with Crippen LogP contribution in [0, 0.1) is 13.8 Å². The standard InChI is InChI=1S/C18H21ClN2O3S/c1-11-5-6-12(2)15(9-11)13(3)20-18(22)14-7-8-17(16(19)10-14)21-25(4,23)24/h5-10,13,21H,1-4H3,(H,20,22)/t13-/m0/s1. The molecule has 0 saturated carbocycles. The number of sulfonamides is 1. The van der Waals surface area contributed by atoms with Gasteiger partial charge in [-0.05, 0) is 50.1 Å². The third-order valence-corrected chi connectivity index (χ3v) is 4.68. The second kappa shape index (κ2) is 7.45. The molecule has 0 bridgehead atoms. The van der Waals surface area contributed by atoms with E-state index >= 15 is 0 Å². The normalized spacial score (nSPS) is 12.5. The molecule has 2 rings (SSSR count). The predicted molar refractivity (Wildman–Crippen MR) is 102 cm³/mol. The van der Waals surface area contributed by atoms with Gasteiger partial charge in [0.2, 0.25) is 10.0 Å². The molecule has 2 aromatic carbocycles. The Labute approximate surface area is 153 Å². The summed E-state index contributed by atoms with van der Waals surface area (Å²) in [5.41, 5.74) is 3.88. The zero-order valence-corrected chi connectivity index (χ0v) is 16.1. The van der Waals surface area contributed by atoms with E-state index in [0.717, 1.165) is 22.9 Å². The largest absolute Gasteiger partial charge is 0.346 e. The maximum Gasteiger partial charge on any atom is 0.251 e. The fraction of sp³-hybridized carbons (Fsp3) is 0.278. The van der Waals surface area contributed by atoms with Crippen molar-refractivity contribution in [2.75, 3.05) is 11.0 Å². The minimum absolute atomic E-state index is 0.164. The van der Waals surface area contributed by atoms with E-state index in [-0.39, 0.29) is 22.7 Å². The fourth-order valence-corrected chi connectivity index (χ4v) is 3.38. The van der Waals surface area contributed by atoms with Gasteiger partial charge in [-0.1, -0.05) is 35.4 Å². The molecule has 5 nitrogen and oxygen atoms in total. The smallest absolute Gasteiger partial charge is 0.251 e. The van der Waals surface area contributed by atoms with Gasteiger partial charge in [-0.3, -0.25) is 9.52 Å². The molecule has 2 N–H and O–H groups in total. The van der Waals surface area contributed by atoms with E-state index in [0.29, 0.717) is 5.56 Å². The van der Waals surface area contributed by atoms with E-state index in [4.69, 9.17) is 11.6 Å². The lowest BCUT2D eigenvalue weighted by molar-refractivity contribution is 0.0940. The van der Waals surface area contributed by atoms with E-state index in [9.17, 15) is 13.2 Å². The monoisotopic (exact) mass is 380 g/mol. The first-order valence-corrected chi connectivity index (χ1v) is 9.99.